The summed E-state index contributed by atoms with van der Waals surface area (Å²) in [6.07, 6.45) is 3.35. The van der Waals surface area contributed by atoms with Gasteiger partial charge in [-0.15, -0.1) is 5.10 Å². The van der Waals surface area contributed by atoms with Crippen molar-refractivity contribution in [2.24, 2.45) is 0 Å². The van der Waals surface area contributed by atoms with Gasteiger partial charge in [0, 0.05) is 58.4 Å². The second-order valence-electron chi connectivity index (χ2n) is 12.8. The zero-order valence-corrected chi connectivity index (χ0v) is 28.3. The Kier molecular flexibility index (Phi) is 8.22. The molecule has 3 N–H and O–H groups in total. The number of carbonyl (C=O) groups is 2. The van der Waals surface area contributed by atoms with E-state index in [0.717, 1.165) is 47.2 Å². The largest absolute Gasteiger partial charge is 0.356 e. The topological polar surface area (TPSA) is 169 Å². The molecule has 2 atom stereocenters. The highest BCUT2D eigenvalue weighted by molar-refractivity contribution is 6.31. The number of hydrogen-bond donors (Lipinski definition) is 3. The van der Waals surface area contributed by atoms with E-state index in [2.05, 4.69) is 45.0 Å². The van der Waals surface area contributed by atoms with Gasteiger partial charge in [0.05, 0.1) is 47.2 Å². The summed E-state index contributed by atoms with van der Waals surface area (Å²) in [5, 5.41) is 31.4. The summed E-state index contributed by atoms with van der Waals surface area (Å²) in [6, 6.07) is 20.9. The summed E-state index contributed by atoms with van der Waals surface area (Å²) in [5.74, 6) is -0.238. The van der Waals surface area contributed by atoms with Crippen molar-refractivity contribution in [2.75, 3.05) is 11.9 Å². The Labute approximate surface area is 296 Å². The van der Waals surface area contributed by atoms with Gasteiger partial charge in [-0.25, -0.2) is 9.48 Å². The molecule has 258 valence electrons. The fourth-order valence-corrected chi connectivity index (χ4v) is 7.61. The van der Waals surface area contributed by atoms with Crippen LogP contribution in [0.1, 0.15) is 69.6 Å². The third-order valence-electron chi connectivity index (χ3n) is 9.70. The van der Waals surface area contributed by atoms with Crippen molar-refractivity contribution in [3.63, 3.8) is 0 Å². The summed E-state index contributed by atoms with van der Waals surface area (Å²) in [7, 11) is 0. The van der Waals surface area contributed by atoms with Crippen LogP contribution in [0.2, 0.25) is 5.02 Å². The fourth-order valence-electron chi connectivity index (χ4n) is 7.34. The first kappa shape index (κ1) is 32.2. The Morgan fingerprint density at radius 2 is 1.92 bits per heavy atom. The number of rotatable bonds is 8. The van der Waals surface area contributed by atoms with Crippen molar-refractivity contribution >= 4 is 45.8 Å². The Balaban J connectivity index is 1.04. The summed E-state index contributed by atoms with van der Waals surface area (Å²) in [6.45, 7) is 3.51. The molecule has 2 unspecified atom stereocenters. The minimum Gasteiger partial charge on any atom is -0.356 e. The van der Waals surface area contributed by atoms with Crippen LogP contribution in [0.25, 0.3) is 10.9 Å². The van der Waals surface area contributed by atoms with E-state index in [1.54, 1.807) is 16.9 Å². The van der Waals surface area contributed by atoms with E-state index in [1.807, 2.05) is 46.0 Å². The van der Waals surface area contributed by atoms with Gasteiger partial charge in [-0.3, -0.25) is 19.6 Å². The summed E-state index contributed by atoms with van der Waals surface area (Å²) >= 11 is 6.80. The lowest BCUT2D eigenvalue weighted by Gasteiger charge is -2.39. The highest BCUT2D eigenvalue weighted by Gasteiger charge is 2.40. The van der Waals surface area contributed by atoms with Crippen LogP contribution in [-0.4, -0.2) is 58.1 Å². The Bertz CT molecular complexity index is 2330. The first-order valence-corrected chi connectivity index (χ1v) is 17.1. The van der Waals surface area contributed by atoms with Gasteiger partial charge in [0.25, 0.3) is 11.6 Å². The third kappa shape index (κ3) is 5.97. The van der Waals surface area contributed by atoms with E-state index in [1.165, 1.54) is 23.8 Å². The number of para-hydroxylation sites is 1. The molecule has 15 heteroatoms. The number of fused-ring (bicyclic) bond motifs is 4. The molecule has 14 nitrogen and oxygen atoms in total. The van der Waals surface area contributed by atoms with Gasteiger partial charge in [-0.05, 0) is 49.1 Å². The number of nitrogens with zero attached hydrogens (tertiary/aromatic N) is 7. The van der Waals surface area contributed by atoms with Gasteiger partial charge in [0.15, 0.2) is 0 Å². The number of aromatic nitrogens is 6. The zero-order valence-electron chi connectivity index (χ0n) is 27.5. The van der Waals surface area contributed by atoms with Crippen LogP contribution in [0, 0.1) is 10.1 Å². The molecule has 0 bridgehead atoms. The van der Waals surface area contributed by atoms with Crippen LogP contribution < -0.4 is 10.6 Å². The molecule has 8 rings (SSSR count). The molecule has 3 aromatic carbocycles. The van der Waals surface area contributed by atoms with Crippen molar-refractivity contribution < 1.29 is 14.5 Å². The molecule has 6 aromatic rings. The normalized spacial score (nSPS) is 16.5. The fraction of sp³-hybridized carbons (Fsp3) is 0.250. The number of nitrogens with one attached hydrogen (secondary N) is 3. The molecular weight excluding hydrogens is 672 g/mol. The Morgan fingerprint density at radius 1 is 1.10 bits per heavy atom. The summed E-state index contributed by atoms with van der Waals surface area (Å²) in [5.41, 5.74) is 6.90. The molecule has 0 saturated carbocycles. The monoisotopic (exact) mass is 704 g/mol. The first-order chi connectivity index (χ1) is 24.7. The third-order valence-corrected chi connectivity index (χ3v) is 10.0. The van der Waals surface area contributed by atoms with Gasteiger partial charge in [-0.1, -0.05) is 59.3 Å². The maximum atomic E-state index is 14.8. The molecule has 3 amide bonds. The van der Waals surface area contributed by atoms with Crippen molar-refractivity contribution in [3.05, 3.63) is 134 Å². The van der Waals surface area contributed by atoms with Crippen LogP contribution in [0.15, 0.2) is 79.0 Å². The van der Waals surface area contributed by atoms with Gasteiger partial charge in [-0.2, -0.15) is 5.10 Å². The number of nitro groups is 1. The number of aryl methyl sites for hydroxylation is 1. The van der Waals surface area contributed by atoms with Crippen molar-refractivity contribution in [3.8, 4) is 0 Å². The molecule has 2 aliphatic rings. The van der Waals surface area contributed by atoms with E-state index in [0.29, 0.717) is 28.5 Å². The molecule has 2 aliphatic heterocycles. The lowest BCUT2D eigenvalue weighted by molar-refractivity contribution is -0.384. The molecule has 0 aliphatic carbocycles. The smallest absolute Gasteiger partial charge is 0.319 e. The molecule has 5 heterocycles. The number of anilines is 1. The molecule has 0 spiro atoms. The molecule has 0 radical (unpaired) electrons. The second kappa shape index (κ2) is 13.0. The van der Waals surface area contributed by atoms with E-state index in [-0.39, 0.29) is 42.3 Å². The van der Waals surface area contributed by atoms with Crippen LogP contribution in [0.3, 0.4) is 0 Å². The highest BCUT2D eigenvalue weighted by Crippen LogP contribution is 2.45. The lowest BCUT2D eigenvalue weighted by Crippen LogP contribution is -2.41. The van der Waals surface area contributed by atoms with Gasteiger partial charge in [0.1, 0.15) is 5.69 Å². The van der Waals surface area contributed by atoms with E-state index in [9.17, 15) is 19.7 Å². The van der Waals surface area contributed by atoms with E-state index in [4.69, 9.17) is 16.7 Å². The van der Waals surface area contributed by atoms with Gasteiger partial charge < -0.3 is 20.5 Å². The highest BCUT2D eigenvalue weighted by atomic mass is 35.5. The minimum atomic E-state index is -0.549. The van der Waals surface area contributed by atoms with E-state index < -0.39 is 11.0 Å². The number of non-ortho nitro benzene ring substituents is 1. The van der Waals surface area contributed by atoms with E-state index >= 15 is 0 Å². The van der Waals surface area contributed by atoms with Crippen LogP contribution in [-0.2, 0) is 26.1 Å². The average Bonchev–Trinajstić information content (AvgIpc) is 3.92. The molecule has 3 aromatic heterocycles. The van der Waals surface area contributed by atoms with Gasteiger partial charge in [0.2, 0.25) is 0 Å². The Hall–Kier alpha value is -6.02. The number of carbonyl (C=O) groups excluding carboxylic acids is 2. The zero-order chi connectivity index (χ0) is 35.2. The number of hydrogen-bond acceptors (Lipinski definition) is 7. The molecule has 0 fully saturated rings. The second-order valence-corrected chi connectivity index (χ2v) is 13.2. The lowest BCUT2D eigenvalue weighted by atomic mass is 9.83. The molecule has 51 heavy (non-hydrogen) atoms. The standard InChI is InChI=1S/C36H33ClN10O4/c1-21-34-32(26-11-3-5-13-29(26)40-34)27(25-10-2-4-12-28(25)37)19-45(21)35(48)33-30(42-46-15-7-14-31(33)46)20-44-18-23(41-43-44)17-38-36(49)39-22-8-6-9-24(16-22)47(50)51/h2-6,8-13,16,18,21,27,40H,7,14-15,17,19-20H2,1H3,(H2,38,39,49). The molecular formula is C36H33ClN10O4. The minimum absolute atomic E-state index is 0.0633. The summed E-state index contributed by atoms with van der Waals surface area (Å²) in [4.78, 5) is 43.4. The van der Waals surface area contributed by atoms with Crippen LogP contribution in [0.5, 0.6) is 0 Å². The SMILES string of the molecule is CC1c2[nH]c3ccccc3c2C(c2ccccc2Cl)CN1C(=O)c1c(Cn2cc(CNC(=O)Nc3cccc([N+](=O)[O-])c3)nn2)nn2c1CCC2. The number of halogens is 1. The maximum Gasteiger partial charge on any atom is 0.319 e. The van der Waals surface area contributed by atoms with Crippen molar-refractivity contribution in [1.82, 2.24) is 40.0 Å². The predicted octanol–water partition coefficient (Wildman–Crippen LogP) is 6.18. The number of urea groups is 1. The average molecular weight is 705 g/mol. The van der Waals surface area contributed by atoms with Crippen molar-refractivity contribution in [1.29, 1.82) is 0 Å². The van der Waals surface area contributed by atoms with Crippen LogP contribution in [0.4, 0.5) is 16.2 Å². The quantitative estimate of drug-likeness (QED) is 0.125. The summed E-state index contributed by atoms with van der Waals surface area (Å²) < 4.78 is 3.53. The number of aromatic amines is 1. The van der Waals surface area contributed by atoms with Crippen LogP contribution >= 0.6 is 11.6 Å². The first-order valence-electron chi connectivity index (χ1n) is 16.7. The van der Waals surface area contributed by atoms with Gasteiger partial charge >= 0.3 is 6.03 Å². The number of H-pyrrole nitrogens is 1. The maximum absolute atomic E-state index is 14.8. The predicted molar refractivity (Wildman–Crippen MR) is 190 cm³/mol. The number of benzene rings is 3. The Morgan fingerprint density at radius 3 is 2.76 bits per heavy atom. The molecule has 0 saturated heterocycles. The number of nitro benzene ring substituents is 1. The van der Waals surface area contributed by atoms with Crippen molar-refractivity contribution in [2.45, 2.75) is 51.4 Å². The number of amides is 3.